The molecule has 3 N–H and O–H groups in total. The fourth-order valence-electron chi connectivity index (χ4n) is 3.31. The number of rotatable bonds is 12. The van der Waals surface area contributed by atoms with Crippen LogP contribution < -0.4 is 14.8 Å². The van der Waals surface area contributed by atoms with Gasteiger partial charge < -0.3 is 24.4 Å². The van der Waals surface area contributed by atoms with E-state index >= 15 is 0 Å². The minimum absolute atomic E-state index is 0.119. The lowest BCUT2D eigenvalue weighted by atomic mass is 10.0. The third kappa shape index (κ3) is 7.69. The molecule has 0 bridgehead atoms. The van der Waals surface area contributed by atoms with Gasteiger partial charge in [-0.05, 0) is 60.4 Å². The number of amides is 1. The van der Waals surface area contributed by atoms with E-state index in [4.69, 9.17) is 19.3 Å². The zero-order valence-electron chi connectivity index (χ0n) is 18.9. The highest BCUT2D eigenvalue weighted by molar-refractivity contribution is 7.98. The second-order valence-electron chi connectivity index (χ2n) is 7.31. The number of carbonyl (C=O) groups is 1. The molecule has 0 spiro atoms. The van der Waals surface area contributed by atoms with Crippen LogP contribution in [0.25, 0.3) is 0 Å². The summed E-state index contributed by atoms with van der Waals surface area (Å²) in [6, 6.07) is 23.7. The number of para-hydroxylation sites is 1. The van der Waals surface area contributed by atoms with Gasteiger partial charge in [-0.1, -0.05) is 30.3 Å². The number of nitrogens with one attached hydrogen (secondary N) is 1. The first-order valence-electron chi connectivity index (χ1n) is 10.9. The van der Waals surface area contributed by atoms with Gasteiger partial charge in [0, 0.05) is 23.6 Å². The number of anilines is 1. The molecule has 7 nitrogen and oxygen atoms in total. The first-order valence-corrected chi connectivity index (χ1v) is 12.1. The summed E-state index contributed by atoms with van der Waals surface area (Å²) < 4.78 is 17.5. The normalized spacial score (nSPS) is 12.4. The molecule has 3 rings (SSSR count). The van der Waals surface area contributed by atoms with E-state index in [1.54, 1.807) is 60.3 Å². The Morgan fingerprint density at radius 1 is 0.941 bits per heavy atom. The van der Waals surface area contributed by atoms with Crippen LogP contribution in [0, 0.1) is 0 Å². The molecule has 2 atom stereocenters. The molecule has 0 heterocycles. The lowest BCUT2D eigenvalue weighted by Crippen LogP contribution is -2.31. The van der Waals surface area contributed by atoms with E-state index in [1.165, 1.54) is 0 Å². The minimum Gasteiger partial charge on any atom is -0.491 e. The van der Waals surface area contributed by atoms with Crippen molar-refractivity contribution in [3.63, 3.8) is 0 Å². The van der Waals surface area contributed by atoms with E-state index in [-0.39, 0.29) is 26.2 Å². The largest absolute Gasteiger partial charge is 0.491 e. The molecule has 0 saturated heterocycles. The Morgan fingerprint density at radius 3 is 2.35 bits per heavy atom. The Labute approximate surface area is 203 Å². The van der Waals surface area contributed by atoms with Gasteiger partial charge in [-0.25, -0.2) is 4.79 Å². The molecule has 8 heteroatoms. The number of thioether (sulfide) groups is 1. The maximum absolute atomic E-state index is 12.8. The van der Waals surface area contributed by atoms with Crippen molar-refractivity contribution < 1.29 is 29.2 Å². The molecule has 0 aliphatic rings. The van der Waals surface area contributed by atoms with Crippen LogP contribution in [0.5, 0.6) is 11.5 Å². The molecule has 0 fully saturated rings. The first-order chi connectivity index (χ1) is 16.6. The molecule has 0 saturated carbocycles. The van der Waals surface area contributed by atoms with E-state index < -0.39 is 18.3 Å². The van der Waals surface area contributed by atoms with Gasteiger partial charge in [0.1, 0.15) is 24.2 Å². The summed E-state index contributed by atoms with van der Waals surface area (Å²) in [5.74, 6) is 1.12. The Bertz CT molecular complexity index is 1020. The predicted molar refractivity (Wildman–Crippen MR) is 133 cm³/mol. The van der Waals surface area contributed by atoms with Gasteiger partial charge in [0.15, 0.2) is 6.10 Å². The van der Waals surface area contributed by atoms with E-state index in [0.29, 0.717) is 22.7 Å². The van der Waals surface area contributed by atoms with Crippen molar-refractivity contribution in [3.05, 3.63) is 84.4 Å². The van der Waals surface area contributed by atoms with Crippen molar-refractivity contribution in [2.24, 2.45) is 0 Å². The van der Waals surface area contributed by atoms with E-state index in [2.05, 4.69) is 5.32 Å². The van der Waals surface area contributed by atoms with Gasteiger partial charge in [0.05, 0.1) is 6.61 Å². The molecule has 0 aliphatic carbocycles. The van der Waals surface area contributed by atoms with Crippen molar-refractivity contribution >= 4 is 23.5 Å². The molecule has 34 heavy (non-hydrogen) atoms. The first kappa shape index (κ1) is 25.4. The molecule has 0 unspecified atom stereocenters. The van der Waals surface area contributed by atoms with E-state index in [9.17, 15) is 9.90 Å². The lowest BCUT2D eigenvalue weighted by Gasteiger charge is -2.28. The summed E-state index contributed by atoms with van der Waals surface area (Å²) in [6.45, 7) is -0.135. The van der Waals surface area contributed by atoms with Gasteiger partial charge in [-0.3, -0.25) is 5.32 Å². The van der Waals surface area contributed by atoms with Crippen LogP contribution in [0.15, 0.2) is 83.8 Å². The molecule has 0 aromatic heterocycles. The minimum atomic E-state index is -0.837. The molecule has 1 amide bonds. The predicted octanol–water partition coefficient (Wildman–Crippen LogP) is 4.90. The highest BCUT2D eigenvalue weighted by Gasteiger charge is 2.29. The third-order valence-electron chi connectivity index (χ3n) is 4.90. The number of hydrogen-bond acceptors (Lipinski definition) is 7. The van der Waals surface area contributed by atoms with Gasteiger partial charge in [-0.15, -0.1) is 11.8 Å². The van der Waals surface area contributed by atoms with Crippen LogP contribution in [0.1, 0.15) is 18.1 Å². The summed E-state index contributed by atoms with van der Waals surface area (Å²) in [6.07, 6.45) is 0.0637. The summed E-state index contributed by atoms with van der Waals surface area (Å²) in [7, 11) is 0. The Morgan fingerprint density at radius 2 is 1.68 bits per heavy atom. The van der Waals surface area contributed by atoms with Crippen molar-refractivity contribution in [3.8, 4) is 11.5 Å². The maximum atomic E-state index is 12.8. The Balaban J connectivity index is 1.85. The standard InChI is InChI=1S/C26H29NO6S/c1-34-23-12-10-20(11-13-23)27-26(30)33-25(19-6-5-9-22(18-19)31-17-16-29)24(14-15-28)32-21-7-3-2-4-8-21/h2-13,18,24-25,28-29H,14-17H2,1H3,(H,27,30)/t24-,25-/m0/s1. The van der Waals surface area contributed by atoms with Gasteiger partial charge >= 0.3 is 6.09 Å². The highest BCUT2D eigenvalue weighted by Crippen LogP contribution is 2.30. The average Bonchev–Trinajstić information content (AvgIpc) is 2.87. The molecule has 180 valence electrons. The Hall–Kier alpha value is -3.20. The van der Waals surface area contributed by atoms with Gasteiger partial charge in [0.2, 0.25) is 0 Å². The number of hydrogen-bond donors (Lipinski definition) is 3. The zero-order chi connectivity index (χ0) is 24.2. The summed E-state index contributed by atoms with van der Waals surface area (Å²) in [5.41, 5.74) is 1.24. The maximum Gasteiger partial charge on any atom is 0.412 e. The summed E-state index contributed by atoms with van der Waals surface area (Å²) in [5, 5.41) is 21.5. The molecular formula is C26H29NO6S. The molecule has 0 aliphatic heterocycles. The SMILES string of the molecule is CSc1ccc(NC(=O)O[C@@H](c2cccc(OCCO)c2)[C@H](CCO)Oc2ccccc2)cc1. The van der Waals surface area contributed by atoms with Crippen LogP contribution in [-0.4, -0.2) is 48.5 Å². The third-order valence-corrected chi connectivity index (χ3v) is 5.64. The zero-order valence-corrected chi connectivity index (χ0v) is 19.7. The smallest absolute Gasteiger partial charge is 0.412 e. The van der Waals surface area contributed by atoms with Crippen LogP contribution in [-0.2, 0) is 4.74 Å². The topological polar surface area (TPSA) is 97.3 Å². The van der Waals surface area contributed by atoms with E-state index in [1.807, 2.05) is 36.6 Å². The summed E-state index contributed by atoms with van der Waals surface area (Å²) >= 11 is 1.61. The van der Waals surface area contributed by atoms with Gasteiger partial charge in [0.25, 0.3) is 0 Å². The highest BCUT2D eigenvalue weighted by atomic mass is 32.2. The number of aliphatic hydroxyl groups excluding tert-OH is 2. The van der Waals surface area contributed by atoms with Crippen LogP contribution in [0.4, 0.5) is 10.5 Å². The monoisotopic (exact) mass is 483 g/mol. The number of carbonyl (C=O) groups excluding carboxylic acids is 1. The van der Waals surface area contributed by atoms with Crippen LogP contribution in [0.3, 0.4) is 0 Å². The Kier molecular flexibility index (Phi) is 10.1. The van der Waals surface area contributed by atoms with Crippen molar-refractivity contribution in [2.75, 3.05) is 31.4 Å². The molecule has 3 aromatic carbocycles. The average molecular weight is 484 g/mol. The second-order valence-corrected chi connectivity index (χ2v) is 8.19. The quantitative estimate of drug-likeness (QED) is 0.315. The van der Waals surface area contributed by atoms with Crippen LogP contribution >= 0.6 is 11.8 Å². The van der Waals surface area contributed by atoms with Crippen LogP contribution in [0.2, 0.25) is 0 Å². The molecular weight excluding hydrogens is 454 g/mol. The number of ether oxygens (including phenoxy) is 3. The lowest BCUT2D eigenvalue weighted by molar-refractivity contribution is 0.00897. The number of benzene rings is 3. The van der Waals surface area contributed by atoms with Crippen molar-refractivity contribution in [1.29, 1.82) is 0 Å². The van der Waals surface area contributed by atoms with Crippen molar-refractivity contribution in [1.82, 2.24) is 0 Å². The van der Waals surface area contributed by atoms with Gasteiger partial charge in [-0.2, -0.15) is 0 Å². The number of aliphatic hydroxyl groups is 2. The molecule has 3 aromatic rings. The second kappa shape index (κ2) is 13.5. The van der Waals surface area contributed by atoms with E-state index in [0.717, 1.165) is 4.90 Å². The fourth-order valence-corrected chi connectivity index (χ4v) is 3.72. The van der Waals surface area contributed by atoms with Crippen molar-refractivity contribution in [2.45, 2.75) is 23.5 Å². The fraction of sp³-hybridized carbons (Fsp3) is 0.269. The molecule has 0 radical (unpaired) electrons. The summed E-state index contributed by atoms with van der Waals surface area (Å²) in [4.78, 5) is 13.9.